The molecule has 2 saturated heterocycles. The number of amides is 4. The van der Waals surface area contributed by atoms with Crippen LogP contribution in [0.15, 0.2) is 49.1 Å². The van der Waals surface area contributed by atoms with Crippen LogP contribution in [0, 0.1) is 26.2 Å². The molecule has 0 bridgehead atoms. The Balaban J connectivity index is 0.000000189. The maximum absolute atomic E-state index is 12.4. The summed E-state index contributed by atoms with van der Waals surface area (Å²) < 4.78 is 12.0. The maximum atomic E-state index is 12.4. The van der Waals surface area contributed by atoms with Gasteiger partial charge < -0.3 is 30.3 Å². The van der Waals surface area contributed by atoms with E-state index in [-0.39, 0.29) is 46.7 Å². The van der Waals surface area contributed by atoms with Crippen molar-refractivity contribution in [3.8, 4) is 0 Å². The van der Waals surface area contributed by atoms with Crippen LogP contribution >= 0.6 is 22.6 Å². The summed E-state index contributed by atoms with van der Waals surface area (Å²) in [5.74, 6) is -0.0441. The third-order valence-corrected chi connectivity index (χ3v) is 10.2. The van der Waals surface area contributed by atoms with E-state index in [0.717, 1.165) is 44.2 Å². The van der Waals surface area contributed by atoms with E-state index < -0.39 is 11.2 Å². The highest BCUT2D eigenvalue weighted by Gasteiger charge is 2.59. The SMILES string of the molecule is CC(C)(C)OC(=O)N1CCC2(CC1)CC2C(=O)Nc1ccncc1.CC(C)(C)OC(=O)N1CCC2(CC1)CC2C(N)=O.Ic1ccncc1. The molecule has 49 heavy (non-hydrogen) atoms. The van der Waals surface area contributed by atoms with E-state index in [9.17, 15) is 19.2 Å². The lowest BCUT2D eigenvalue weighted by Gasteiger charge is -2.34. The van der Waals surface area contributed by atoms with E-state index in [1.807, 2.05) is 53.7 Å². The van der Waals surface area contributed by atoms with Gasteiger partial charge in [0, 0.05) is 72.1 Å². The van der Waals surface area contributed by atoms with Gasteiger partial charge in [-0.05, 0) is 138 Å². The summed E-state index contributed by atoms with van der Waals surface area (Å²) in [7, 11) is 0. The second-order valence-electron chi connectivity index (χ2n) is 15.5. The van der Waals surface area contributed by atoms with E-state index in [1.165, 1.54) is 3.57 Å². The number of halogens is 1. The number of piperidine rings is 2. The molecule has 13 heteroatoms. The molecule has 2 unspecified atom stereocenters. The lowest BCUT2D eigenvalue weighted by atomic mass is 9.91. The van der Waals surface area contributed by atoms with Gasteiger partial charge in [0.05, 0.1) is 0 Å². The first-order valence-corrected chi connectivity index (χ1v) is 18.0. The fraction of sp³-hybridized carbons (Fsp3) is 0.611. The minimum atomic E-state index is -0.473. The molecule has 4 heterocycles. The minimum absolute atomic E-state index is 0.0262. The maximum Gasteiger partial charge on any atom is 0.410 e. The number of carbonyl (C=O) groups excluding carboxylic acids is 4. The number of nitrogens with one attached hydrogen (secondary N) is 1. The van der Waals surface area contributed by atoms with Crippen molar-refractivity contribution in [2.24, 2.45) is 28.4 Å². The predicted molar refractivity (Wildman–Crippen MR) is 194 cm³/mol. The van der Waals surface area contributed by atoms with Crippen molar-refractivity contribution in [1.29, 1.82) is 0 Å². The number of nitrogens with zero attached hydrogens (tertiary/aromatic N) is 4. The topological polar surface area (TPSA) is 157 Å². The highest BCUT2D eigenvalue weighted by Crippen LogP contribution is 2.60. The van der Waals surface area contributed by atoms with Crippen molar-refractivity contribution >= 4 is 52.3 Å². The van der Waals surface area contributed by atoms with E-state index in [2.05, 4.69) is 37.9 Å². The lowest BCUT2D eigenvalue weighted by molar-refractivity contribution is -0.120. The van der Waals surface area contributed by atoms with Gasteiger partial charge in [0.2, 0.25) is 11.8 Å². The number of carbonyl (C=O) groups is 4. The van der Waals surface area contributed by atoms with Crippen LogP contribution in [0.3, 0.4) is 0 Å². The van der Waals surface area contributed by atoms with Gasteiger partial charge >= 0.3 is 12.2 Å². The third-order valence-electron chi connectivity index (χ3n) is 9.45. The highest BCUT2D eigenvalue weighted by molar-refractivity contribution is 14.1. The number of ether oxygens (including phenoxy) is 2. The summed E-state index contributed by atoms with van der Waals surface area (Å²) in [6.07, 6.45) is 11.6. The van der Waals surface area contributed by atoms with Crippen LogP contribution in [0.5, 0.6) is 0 Å². The summed E-state index contributed by atoms with van der Waals surface area (Å²) in [4.78, 5) is 58.8. The molecular weight excluding hydrogens is 739 g/mol. The van der Waals surface area contributed by atoms with Crippen LogP contribution in [0.1, 0.15) is 80.1 Å². The Labute approximate surface area is 303 Å². The normalized spacial score (nSPS) is 21.6. The Morgan fingerprint density at radius 2 is 1.12 bits per heavy atom. The summed E-state index contributed by atoms with van der Waals surface area (Å²) in [6.45, 7) is 13.9. The van der Waals surface area contributed by atoms with Gasteiger partial charge in [-0.1, -0.05) is 0 Å². The molecule has 4 aliphatic rings. The average molecular weight is 791 g/mol. The van der Waals surface area contributed by atoms with Crippen LogP contribution in [-0.4, -0.2) is 81.1 Å². The number of aromatic nitrogens is 2. The Morgan fingerprint density at radius 3 is 1.47 bits per heavy atom. The molecule has 3 N–H and O–H groups in total. The summed E-state index contributed by atoms with van der Waals surface area (Å²) in [6, 6.07) is 7.50. The molecule has 2 saturated carbocycles. The largest absolute Gasteiger partial charge is 0.444 e. The molecular formula is C36H51IN6O6. The second kappa shape index (κ2) is 15.6. The van der Waals surface area contributed by atoms with E-state index in [4.69, 9.17) is 15.2 Å². The summed E-state index contributed by atoms with van der Waals surface area (Å²) in [5.41, 5.74) is 5.34. The van der Waals surface area contributed by atoms with Gasteiger partial charge in [-0.2, -0.15) is 0 Å². The Morgan fingerprint density at radius 1 is 0.735 bits per heavy atom. The van der Waals surface area contributed by atoms with Crippen molar-refractivity contribution in [2.45, 2.75) is 91.3 Å². The second-order valence-corrected chi connectivity index (χ2v) is 16.7. The Bertz CT molecular complexity index is 1450. The number of pyridine rings is 2. The van der Waals surface area contributed by atoms with Crippen LogP contribution in [0.25, 0.3) is 0 Å². The van der Waals surface area contributed by atoms with Crippen LogP contribution in [-0.2, 0) is 19.1 Å². The van der Waals surface area contributed by atoms with Crippen LogP contribution in [0.4, 0.5) is 15.3 Å². The number of rotatable bonds is 3. The van der Waals surface area contributed by atoms with E-state index in [0.29, 0.717) is 26.2 Å². The van der Waals surface area contributed by atoms with Gasteiger partial charge in [-0.15, -0.1) is 0 Å². The first-order chi connectivity index (χ1) is 22.9. The lowest BCUT2D eigenvalue weighted by Crippen LogP contribution is -2.43. The first kappa shape index (κ1) is 38.3. The first-order valence-electron chi connectivity index (χ1n) is 16.9. The fourth-order valence-electron chi connectivity index (χ4n) is 6.49. The van der Waals surface area contributed by atoms with E-state index in [1.54, 1.807) is 46.7 Å². The molecule has 2 spiro atoms. The van der Waals surface area contributed by atoms with Crippen molar-refractivity contribution in [3.05, 3.63) is 52.6 Å². The quantitative estimate of drug-likeness (QED) is 0.346. The molecule has 0 aromatic carbocycles. The zero-order valence-electron chi connectivity index (χ0n) is 29.5. The zero-order valence-corrected chi connectivity index (χ0v) is 31.7. The van der Waals surface area contributed by atoms with Crippen molar-refractivity contribution in [3.63, 3.8) is 0 Å². The number of hydrogen-bond donors (Lipinski definition) is 2. The molecule has 2 aliphatic heterocycles. The molecule has 4 fully saturated rings. The van der Waals surface area contributed by atoms with Gasteiger partial charge in [-0.3, -0.25) is 19.6 Å². The van der Waals surface area contributed by atoms with Crippen molar-refractivity contribution < 1.29 is 28.7 Å². The van der Waals surface area contributed by atoms with Gasteiger partial charge in [0.25, 0.3) is 0 Å². The number of primary amides is 1. The zero-order chi connectivity index (χ0) is 36.0. The summed E-state index contributed by atoms with van der Waals surface area (Å²) in [5, 5.41) is 2.96. The predicted octanol–water partition coefficient (Wildman–Crippen LogP) is 6.25. The molecule has 4 amide bonds. The molecule has 2 aliphatic carbocycles. The smallest absolute Gasteiger partial charge is 0.410 e. The number of hydrogen-bond acceptors (Lipinski definition) is 8. The average Bonchev–Trinajstić information content (AvgIpc) is 3.93. The number of anilines is 1. The third kappa shape index (κ3) is 11.3. The van der Waals surface area contributed by atoms with Crippen LogP contribution < -0.4 is 11.1 Å². The number of likely N-dealkylation sites (tertiary alicyclic amines) is 2. The Hall–Kier alpha value is -3.49. The van der Waals surface area contributed by atoms with E-state index >= 15 is 0 Å². The molecule has 2 aromatic rings. The molecule has 2 aromatic heterocycles. The standard InChI is InChI=1S/C18H25N3O3.C13H22N2O3.C5H4IN/c1-17(2,3)24-16(23)21-10-6-18(7-11-21)12-14(18)15(22)20-13-4-8-19-9-5-13;1-12(2,3)18-11(17)15-6-4-13(5-7-15)8-9(13)10(14)16;6-5-1-3-7-4-2-5/h4-5,8-9,14H,6-7,10-12H2,1-3H3,(H,19,20,22);9H,4-8H2,1-3H3,(H2,14,16);1-4H. The van der Waals surface area contributed by atoms with Crippen LogP contribution in [0.2, 0.25) is 0 Å². The fourth-order valence-corrected chi connectivity index (χ4v) is 6.82. The number of nitrogens with two attached hydrogens (primary N) is 1. The van der Waals surface area contributed by atoms with Gasteiger partial charge in [0.1, 0.15) is 11.2 Å². The molecule has 12 nitrogen and oxygen atoms in total. The van der Waals surface area contributed by atoms with Gasteiger partial charge in [0.15, 0.2) is 0 Å². The molecule has 6 rings (SSSR count). The summed E-state index contributed by atoms with van der Waals surface area (Å²) >= 11 is 2.24. The molecule has 2 atom stereocenters. The highest BCUT2D eigenvalue weighted by atomic mass is 127. The van der Waals surface area contributed by atoms with Gasteiger partial charge in [-0.25, -0.2) is 9.59 Å². The minimum Gasteiger partial charge on any atom is -0.444 e. The van der Waals surface area contributed by atoms with Crippen molar-refractivity contribution in [2.75, 3.05) is 31.5 Å². The Kier molecular flexibility index (Phi) is 12.2. The van der Waals surface area contributed by atoms with Crippen molar-refractivity contribution in [1.82, 2.24) is 19.8 Å². The molecule has 268 valence electrons. The molecule has 0 radical (unpaired) electrons. The monoisotopic (exact) mass is 790 g/mol.